The third-order valence-corrected chi connectivity index (χ3v) is 17.1. The number of nitrogens with zero attached hydrogens (tertiary/aromatic N) is 5. The van der Waals surface area contributed by atoms with Crippen LogP contribution < -0.4 is 0 Å². The van der Waals surface area contributed by atoms with Crippen molar-refractivity contribution in [1.29, 1.82) is 0 Å². The maximum atomic E-state index is 14.0. The van der Waals surface area contributed by atoms with Crippen LogP contribution in [0.25, 0.3) is 110 Å². The summed E-state index contributed by atoms with van der Waals surface area (Å²) in [7, 11) is 0. The Bertz CT molecular complexity index is 6000. The van der Waals surface area contributed by atoms with E-state index in [4.69, 9.17) is 25.5 Å². The van der Waals surface area contributed by atoms with E-state index in [0.717, 1.165) is 116 Å². The minimum absolute atomic E-state index is 0. The Labute approximate surface area is 824 Å². The molecule has 0 aliphatic rings. The molecule has 130 heavy (non-hydrogen) atoms. The third kappa shape index (κ3) is 39.7. The first-order valence-electron chi connectivity index (χ1n) is 39.2. The second kappa shape index (κ2) is 59.5. The van der Waals surface area contributed by atoms with E-state index in [9.17, 15) is 41.5 Å². The summed E-state index contributed by atoms with van der Waals surface area (Å²) in [6.45, 7) is 25.7. The van der Waals surface area contributed by atoms with E-state index in [2.05, 4.69) is 105 Å². The number of allylic oxidation sites excluding steroid dienone is 10. The Morgan fingerprint density at radius 2 is 0.592 bits per heavy atom. The van der Waals surface area contributed by atoms with Gasteiger partial charge in [0.2, 0.25) is 0 Å². The van der Waals surface area contributed by atoms with Gasteiger partial charge in [-0.1, -0.05) is 202 Å². The summed E-state index contributed by atoms with van der Waals surface area (Å²) in [5.74, 6) is -1.27. The Morgan fingerprint density at radius 1 is 0.285 bits per heavy atom. The predicted molar refractivity (Wildman–Crippen MR) is 494 cm³/mol. The number of aromatic nitrogens is 5. The number of hydrogen-bond acceptors (Lipinski definition) is 15. The summed E-state index contributed by atoms with van der Waals surface area (Å²) in [5.41, 5.74) is 18.9. The Kier molecular flexibility index (Phi) is 53.2. The second-order valence-corrected chi connectivity index (χ2v) is 28.7. The number of carbonyl (C=O) groups excluding carboxylic acids is 5. The first kappa shape index (κ1) is 116. The number of ketones is 5. The molecule has 0 fully saturated rings. The van der Waals surface area contributed by atoms with E-state index >= 15 is 0 Å². The first-order chi connectivity index (χ1) is 59.4. The maximum absolute atomic E-state index is 14.0. The van der Waals surface area contributed by atoms with Gasteiger partial charge in [-0.15, -0.1) is 141 Å². The molecule has 24 heteroatoms. The molecule has 5 aromatic heterocycles. The summed E-state index contributed by atoms with van der Waals surface area (Å²) >= 11 is 0. The van der Waals surface area contributed by atoms with Crippen molar-refractivity contribution >= 4 is 83.4 Å². The number of carbonyl (C=O) groups is 5. The van der Waals surface area contributed by atoms with Crippen molar-refractivity contribution in [1.82, 2.24) is 24.9 Å². The SMILES string of the molecule is CC(=O)C=C(C)O.CC(=O)C=C(C)O.CC(=O)C=C(C)O.CC(=O)C=C(C)O.CC(=O)C=C(C)O.Cc1[c-]c(-c2cccc3cccnc23)cc(C)c1.Cc1c[c-]c(-c2cccc3cccnc23)c(F)c1.Cc1c[c-]c(-c2cccc3cccnc23)cc1F.Cc1cc(-c2cccc3cccnc23)[c-]cc1F.Cc1cc(F)c[c-]c1-c1cccc2cccnc12.[Ir].[Ir].[Ir].[Ir].[Ir]. The van der Waals surface area contributed by atoms with Crippen molar-refractivity contribution in [3.8, 4) is 55.6 Å². The Morgan fingerprint density at radius 3 is 0.900 bits per heavy atom. The average molecular weight is 2640 g/mol. The van der Waals surface area contributed by atoms with Crippen molar-refractivity contribution in [3.05, 3.63) is 389 Å². The van der Waals surface area contributed by atoms with Crippen molar-refractivity contribution < 1.29 is 168 Å². The molecule has 5 heterocycles. The smallest absolute Gasteiger partial charge is 0.155 e. The molecule has 685 valence electrons. The molecular weight excluding hydrogens is 2540 g/mol. The molecule has 0 spiro atoms. The number of aliphatic hydroxyl groups is 5. The zero-order valence-corrected chi connectivity index (χ0v) is 86.1. The molecule has 0 amide bonds. The van der Waals surface area contributed by atoms with E-state index in [0.29, 0.717) is 16.7 Å². The first-order valence-corrected chi connectivity index (χ1v) is 39.2. The number of fused-ring (bicyclic) bond motifs is 5. The number of aliphatic hydroxyl groups excluding tert-OH is 5. The van der Waals surface area contributed by atoms with Gasteiger partial charge in [-0.05, 0) is 127 Å². The van der Waals surface area contributed by atoms with Crippen LogP contribution in [0, 0.1) is 95.1 Å². The van der Waals surface area contributed by atoms with Crippen LogP contribution >= 0.6 is 0 Å². The molecule has 0 unspecified atom stereocenters. The van der Waals surface area contributed by atoms with Crippen molar-refractivity contribution in [2.45, 2.75) is 111 Å². The fourth-order valence-electron chi connectivity index (χ4n) is 12.2. The number of para-hydroxylation sites is 5. The van der Waals surface area contributed by atoms with Crippen molar-refractivity contribution in [3.63, 3.8) is 0 Å². The van der Waals surface area contributed by atoms with Gasteiger partial charge in [0.1, 0.15) is 0 Å². The predicted octanol–water partition coefficient (Wildman–Crippen LogP) is 26.1. The molecule has 5 radical (unpaired) electrons. The molecular formula is C106H98F4Ir5N5O10-5. The maximum Gasteiger partial charge on any atom is 0.155 e. The van der Waals surface area contributed by atoms with Gasteiger partial charge in [0.25, 0.3) is 0 Å². The fraction of sp³-hybridized carbons (Fsp3) is 0.151. The minimum atomic E-state index is -0.260. The molecule has 0 bridgehead atoms. The van der Waals surface area contributed by atoms with Gasteiger partial charge >= 0.3 is 0 Å². The minimum Gasteiger partial charge on any atom is -0.512 e. The van der Waals surface area contributed by atoms with Gasteiger partial charge in [0.05, 0.1) is 28.8 Å². The molecule has 0 aliphatic heterocycles. The third-order valence-electron chi connectivity index (χ3n) is 17.1. The fourth-order valence-corrected chi connectivity index (χ4v) is 12.2. The molecule has 0 atom stereocenters. The van der Waals surface area contributed by atoms with Crippen LogP contribution in [-0.2, 0) is 124 Å². The van der Waals surface area contributed by atoms with Crippen molar-refractivity contribution in [2.75, 3.05) is 0 Å². The van der Waals surface area contributed by atoms with Crippen LogP contribution in [0.3, 0.4) is 0 Å². The average Bonchev–Trinajstić information content (AvgIpc) is 0.822. The monoisotopic (exact) mass is 2640 g/mol. The van der Waals surface area contributed by atoms with Gasteiger partial charge < -0.3 is 25.5 Å². The molecule has 15 aromatic rings. The Hall–Kier alpha value is -11.7. The van der Waals surface area contributed by atoms with E-state index in [1.54, 1.807) is 56.8 Å². The van der Waals surface area contributed by atoms with Gasteiger partial charge in [-0.3, -0.25) is 62.1 Å². The standard InChI is InChI=1S/C17H14N.4C16H11FN.5C5H8O2.5Ir/c1-12-9-13(2)11-15(10-12)16-7-3-5-14-6-4-8-18-17(14)16;1-11-10-13(17)7-8-14(11)15-6-2-4-12-5-3-9-18-16(12)15;1-11-10-13(7-8-15(11)17)14-6-2-4-12-5-3-9-18-16(12)14;1-11-7-8-13(10-15(11)17)14-6-2-4-12-5-3-9-18-16(12)14;1-11-7-8-13(15(17)10-11)14-6-2-4-12-5-3-9-18-16(12)14;5*1-4(6)3-5(2)7;;;;;/h3-10H,1-2H3;2-7,9-10H,1H3;2-6,8-10H,1H3;2*2-7,9-10H,1H3;5*3,6H,1-2H3;;;;;/q5*-1;;;;;;;;;;. The molecule has 15 nitrogen and oxygen atoms in total. The van der Waals surface area contributed by atoms with Gasteiger partial charge in [-0.25, -0.2) is 4.39 Å². The molecule has 0 aliphatic carbocycles. The summed E-state index contributed by atoms with van der Waals surface area (Å²) in [4.78, 5) is 72.1. The second-order valence-electron chi connectivity index (χ2n) is 28.7. The normalized spacial score (nSPS) is 10.5. The summed E-state index contributed by atoms with van der Waals surface area (Å²) < 4.78 is 54.0. The van der Waals surface area contributed by atoms with Crippen LogP contribution in [0.1, 0.15) is 103 Å². The van der Waals surface area contributed by atoms with Gasteiger partial charge in [0.15, 0.2) is 28.9 Å². The van der Waals surface area contributed by atoms with Crippen LogP contribution in [0.15, 0.2) is 302 Å². The van der Waals surface area contributed by atoms with Gasteiger partial charge in [0, 0.05) is 213 Å². The number of rotatable bonds is 10. The van der Waals surface area contributed by atoms with Gasteiger partial charge in [-0.2, -0.15) is 0 Å². The number of aryl methyl sites for hydroxylation is 6. The van der Waals surface area contributed by atoms with E-state index in [1.165, 1.54) is 141 Å². The zero-order valence-electron chi connectivity index (χ0n) is 74.2. The zero-order chi connectivity index (χ0) is 92.0. The van der Waals surface area contributed by atoms with E-state index in [-0.39, 0.29) is 182 Å². The largest absolute Gasteiger partial charge is 0.512 e. The molecule has 5 N–H and O–H groups in total. The van der Waals surface area contributed by atoms with E-state index in [1.807, 2.05) is 147 Å². The van der Waals surface area contributed by atoms with Crippen LogP contribution in [-0.4, -0.2) is 79.4 Å². The molecule has 0 saturated heterocycles. The summed E-state index contributed by atoms with van der Waals surface area (Å²) in [5, 5.41) is 47.2. The number of hydrogen-bond donors (Lipinski definition) is 5. The summed E-state index contributed by atoms with van der Waals surface area (Å²) in [6, 6.07) is 81.9. The molecule has 15 rings (SSSR count). The topological polar surface area (TPSA) is 251 Å². The van der Waals surface area contributed by atoms with Crippen molar-refractivity contribution in [2.24, 2.45) is 0 Å². The Balaban J connectivity index is 0.000000739. The number of pyridine rings is 5. The quantitative estimate of drug-likeness (QED) is 0.0369. The number of benzene rings is 10. The summed E-state index contributed by atoms with van der Waals surface area (Å²) in [6.07, 6.45) is 14.7. The number of halogens is 4. The molecule has 10 aromatic carbocycles. The van der Waals surface area contributed by atoms with Crippen LogP contribution in [0.5, 0.6) is 0 Å². The van der Waals surface area contributed by atoms with Crippen LogP contribution in [0.4, 0.5) is 17.6 Å². The van der Waals surface area contributed by atoms with E-state index < -0.39 is 0 Å². The van der Waals surface area contributed by atoms with Crippen LogP contribution in [0.2, 0.25) is 0 Å². The molecule has 0 saturated carbocycles.